The molecule has 0 amide bonds. The standard InChI is InChI=1S/C26H30N4O6/c31-30(32)25-17-29-16-24(19-36-26(29)27-25)35-18-20-4-1-5-21(14-20)22-6-2-7-23(15-22)34-11-3-8-28-9-12-33-13-10-28/h1-2,4-7,14-15,17,24H,3,8-13,16,18-19H2/t24-/m0/s1. The zero-order valence-corrected chi connectivity index (χ0v) is 20.1. The van der Waals surface area contributed by atoms with E-state index in [4.69, 9.17) is 18.9 Å². The van der Waals surface area contributed by atoms with E-state index in [9.17, 15) is 10.1 Å². The van der Waals surface area contributed by atoms with Crippen LogP contribution in [0.3, 0.4) is 0 Å². The summed E-state index contributed by atoms with van der Waals surface area (Å²) in [6, 6.07) is 16.6. The second-order valence-corrected chi connectivity index (χ2v) is 8.92. The van der Waals surface area contributed by atoms with Crippen LogP contribution in [0.4, 0.5) is 5.82 Å². The van der Waals surface area contributed by atoms with Gasteiger partial charge in [0.15, 0.2) is 0 Å². The lowest BCUT2D eigenvalue weighted by molar-refractivity contribution is -0.389. The van der Waals surface area contributed by atoms with Gasteiger partial charge in [-0.15, -0.1) is 0 Å². The van der Waals surface area contributed by atoms with Crippen LogP contribution in [0.25, 0.3) is 11.1 Å². The van der Waals surface area contributed by atoms with Crippen molar-refractivity contribution in [3.05, 3.63) is 70.4 Å². The van der Waals surface area contributed by atoms with Crippen molar-refractivity contribution in [2.75, 3.05) is 46.1 Å². The number of hydrogen-bond acceptors (Lipinski definition) is 8. The van der Waals surface area contributed by atoms with Crippen molar-refractivity contribution >= 4 is 5.82 Å². The predicted octanol–water partition coefficient (Wildman–Crippen LogP) is 3.54. The van der Waals surface area contributed by atoms with E-state index in [1.807, 2.05) is 24.3 Å². The highest BCUT2D eigenvalue weighted by atomic mass is 16.6. The lowest BCUT2D eigenvalue weighted by Crippen LogP contribution is -2.37. The van der Waals surface area contributed by atoms with Crippen molar-refractivity contribution in [3.8, 4) is 22.9 Å². The van der Waals surface area contributed by atoms with E-state index in [2.05, 4.69) is 34.1 Å². The van der Waals surface area contributed by atoms with Gasteiger partial charge >= 0.3 is 11.8 Å². The third kappa shape index (κ3) is 6.20. The Morgan fingerprint density at radius 3 is 2.75 bits per heavy atom. The van der Waals surface area contributed by atoms with Crippen LogP contribution in [0.1, 0.15) is 12.0 Å². The minimum Gasteiger partial charge on any atom is -0.494 e. The molecule has 10 heteroatoms. The SMILES string of the molecule is O=[N+]([O-])c1cn2c(n1)OC[C@@H](OCc1cccc(-c3cccc(OCCCN4CCOCC4)c3)c1)C2. The Balaban J connectivity index is 1.13. The Morgan fingerprint density at radius 1 is 1.11 bits per heavy atom. The molecule has 0 bridgehead atoms. The van der Waals surface area contributed by atoms with Crippen molar-refractivity contribution in [1.82, 2.24) is 14.5 Å². The largest absolute Gasteiger partial charge is 0.494 e. The van der Waals surface area contributed by atoms with Crippen molar-refractivity contribution in [2.45, 2.75) is 25.7 Å². The van der Waals surface area contributed by atoms with E-state index in [0.717, 1.165) is 61.7 Å². The Kier molecular flexibility index (Phi) is 7.75. The van der Waals surface area contributed by atoms with Gasteiger partial charge in [0, 0.05) is 24.6 Å². The number of imidazole rings is 1. The molecule has 2 aliphatic heterocycles. The summed E-state index contributed by atoms with van der Waals surface area (Å²) in [4.78, 5) is 16.7. The van der Waals surface area contributed by atoms with Crippen LogP contribution < -0.4 is 9.47 Å². The Morgan fingerprint density at radius 2 is 1.92 bits per heavy atom. The maximum Gasteiger partial charge on any atom is 0.414 e. The lowest BCUT2D eigenvalue weighted by Gasteiger charge is -2.26. The molecule has 3 aromatic rings. The first-order valence-electron chi connectivity index (χ1n) is 12.2. The quantitative estimate of drug-likeness (QED) is 0.240. The van der Waals surface area contributed by atoms with Gasteiger partial charge in [0.25, 0.3) is 0 Å². The van der Waals surface area contributed by atoms with Crippen molar-refractivity contribution in [2.24, 2.45) is 0 Å². The Hall–Kier alpha value is -3.47. The van der Waals surface area contributed by atoms with E-state index in [0.29, 0.717) is 26.4 Å². The van der Waals surface area contributed by atoms with Crippen molar-refractivity contribution in [3.63, 3.8) is 0 Å². The molecule has 0 N–H and O–H groups in total. The molecule has 0 saturated carbocycles. The smallest absolute Gasteiger partial charge is 0.414 e. The van der Waals surface area contributed by atoms with Crippen LogP contribution in [-0.2, 0) is 22.6 Å². The molecule has 0 unspecified atom stereocenters. The average Bonchev–Trinajstić information content (AvgIpc) is 3.35. The summed E-state index contributed by atoms with van der Waals surface area (Å²) in [5.41, 5.74) is 3.20. The highest BCUT2D eigenvalue weighted by molar-refractivity contribution is 5.65. The highest BCUT2D eigenvalue weighted by Crippen LogP contribution is 2.26. The zero-order chi connectivity index (χ0) is 24.7. The van der Waals surface area contributed by atoms with Gasteiger partial charge in [0.05, 0.1) is 33.0 Å². The summed E-state index contributed by atoms with van der Waals surface area (Å²) in [6.07, 6.45) is 2.14. The summed E-state index contributed by atoms with van der Waals surface area (Å²) in [5.74, 6) is 0.641. The van der Waals surface area contributed by atoms with Crippen LogP contribution in [-0.4, -0.2) is 71.5 Å². The fraction of sp³-hybridized carbons (Fsp3) is 0.423. The minimum absolute atomic E-state index is 0.218. The summed E-state index contributed by atoms with van der Waals surface area (Å²) < 4.78 is 24.6. The minimum atomic E-state index is -0.526. The monoisotopic (exact) mass is 494 g/mol. The number of nitrogens with zero attached hydrogens (tertiary/aromatic N) is 4. The molecule has 0 aliphatic carbocycles. The number of nitro groups is 1. The summed E-state index contributed by atoms with van der Waals surface area (Å²) in [7, 11) is 0. The molecule has 1 saturated heterocycles. The molecule has 36 heavy (non-hydrogen) atoms. The van der Waals surface area contributed by atoms with Gasteiger partial charge < -0.3 is 29.1 Å². The lowest BCUT2D eigenvalue weighted by atomic mass is 10.0. The molecule has 2 aromatic carbocycles. The fourth-order valence-electron chi connectivity index (χ4n) is 4.38. The second-order valence-electron chi connectivity index (χ2n) is 8.92. The molecule has 10 nitrogen and oxygen atoms in total. The summed E-state index contributed by atoms with van der Waals surface area (Å²) in [5, 5.41) is 10.9. The van der Waals surface area contributed by atoms with Gasteiger partial charge in [-0.3, -0.25) is 9.47 Å². The number of aromatic nitrogens is 2. The number of morpholine rings is 1. The van der Waals surface area contributed by atoms with Gasteiger partial charge in [-0.2, -0.15) is 0 Å². The Labute approximate surface area is 209 Å². The third-order valence-electron chi connectivity index (χ3n) is 6.28. The molecule has 2 aliphatic rings. The van der Waals surface area contributed by atoms with E-state index in [1.165, 1.54) is 6.20 Å². The molecule has 1 aromatic heterocycles. The van der Waals surface area contributed by atoms with Gasteiger partial charge in [0.2, 0.25) is 0 Å². The summed E-state index contributed by atoms with van der Waals surface area (Å²) >= 11 is 0. The normalized spacial score (nSPS) is 17.8. The van der Waals surface area contributed by atoms with Gasteiger partial charge in [0.1, 0.15) is 24.7 Å². The van der Waals surface area contributed by atoms with E-state index >= 15 is 0 Å². The van der Waals surface area contributed by atoms with Crippen LogP contribution >= 0.6 is 0 Å². The molecule has 1 atom stereocenters. The van der Waals surface area contributed by atoms with Gasteiger partial charge in [-0.1, -0.05) is 30.3 Å². The third-order valence-corrected chi connectivity index (χ3v) is 6.28. The average molecular weight is 495 g/mol. The maximum atomic E-state index is 10.9. The van der Waals surface area contributed by atoms with E-state index in [1.54, 1.807) is 4.57 Å². The molecular formula is C26H30N4O6. The highest BCUT2D eigenvalue weighted by Gasteiger charge is 2.28. The van der Waals surface area contributed by atoms with Gasteiger partial charge in [-0.25, -0.2) is 0 Å². The van der Waals surface area contributed by atoms with Crippen molar-refractivity contribution < 1.29 is 23.9 Å². The first-order chi connectivity index (χ1) is 17.6. The van der Waals surface area contributed by atoms with E-state index < -0.39 is 4.92 Å². The second kappa shape index (κ2) is 11.5. The van der Waals surface area contributed by atoms with Crippen LogP contribution in [0.5, 0.6) is 11.8 Å². The molecule has 5 rings (SSSR count). The molecule has 0 spiro atoms. The first-order valence-corrected chi connectivity index (χ1v) is 12.2. The number of rotatable bonds is 10. The topological polar surface area (TPSA) is 101 Å². The zero-order valence-electron chi connectivity index (χ0n) is 20.1. The van der Waals surface area contributed by atoms with Crippen LogP contribution in [0, 0.1) is 10.1 Å². The number of ether oxygens (including phenoxy) is 4. The Bertz CT molecular complexity index is 1180. The van der Waals surface area contributed by atoms with E-state index in [-0.39, 0.29) is 17.9 Å². The maximum absolute atomic E-state index is 10.9. The van der Waals surface area contributed by atoms with Gasteiger partial charge in [-0.05, 0) is 46.2 Å². The number of fused-ring (bicyclic) bond motifs is 1. The molecule has 1 fully saturated rings. The molecule has 190 valence electrons. The first kappa shape index (κ1) is 24.2. The molecule has 0 radical (unpaired) electrons. The van der Waals surface area contributed by atoms with Crippen molar-refractivity contribution in [1.29, 1.82) is 0 Å². The molecule has 3 heterocycles. The number of benzene rings is 2. The van der Waals surface area contributed by atoms with Crippen LogP contribution in [0.15, 0.2) is 54.7 Å². The summed E-state index contributed by atoms with van der Waals surface area (Å²) in [6.45, 7) is 6.50. The molecular weight excluding hydrogens is 464 g/mol. The number of hydrogen-bond donors (Lipinski definition) is 0. The predicted molar refractivity (Wildman–Crippen MR) is 132 cm³/mol. The fourth-order valence-corrected chi connectivity index (χ4v) is 4.38. The van der Waals surface area contributed by atoms with Crippen LogP contribution in [0.2, 0.25) is 0 Å².